The van der Waals surface area contributed by atoms with Crippen molar-refractivity contribution in [1.82, 2.24) is 4.90 Å². The molecule has 2 rings (SSSR count). The van der Waals surface area contributed by atoms with E-state index in [0.29, 0.717) is 31.9 Å². The first kappa shape index (κ1) is 17.5. The number of hydrogen-bond donors (Lipinski definition) is 0. The topological polar surface area (TPSA) is 55.8 Å². The van der Waals surface area contributed by atoms with Gasteiger partial charge in [0.1, 0.15) is 0 Å². The van der Waals surface area contributed by atoms with Crippen LogP contribution in [0.2, 0.25) is 0 Å². The molecule has 0 saturated carbocycles. The lowest BCUT2D eigenvalue weighted by Gasteiger charge is -2.35. The van der Waals surface area contributed by atoms with Gasteiger partial charge in [-0.05, 0) is 37.8 Å². The summed E-state index contributed by atoms with van der Waals surface area (Å²) in [7, 11) is 1.60. The first-order valence-electron chi connectivity index (χ1n) is 8.17. The molecule has 1 saturated heterocycles. The summed E-state index contributed by atoms with van der Waals surface area (Å²) < 4.78 is 10.3. The normalized spacial score (nSPS) is 16.9. The zero-order valence-electron chi connectivity index (χ0n) is 13.9. The molecule has 1 aliphatic heterocycles. The van der Waals surface area contributed by atoms with E-state index in [1.54, 1.807) is 7.11 Å². The minimum Gasteiger partial charge on any atom is -0.466 e. The average Bonchev–Trinajstić information content (AvgIpc) is 2.60. The number of carbonyl (C=O) groups is 2. The molecule has 0 radical (unpaired) electrons. The summed E-state index contributed by atoms with van der Waals surface area (Å²) in [6, 6.07) is 9.31. The minimum atomic E-state index is -0.242. The van der Waals surface area contributed by atoms with Gasteiger partial charge in [-0.15, -0.1) is 0 Å². The third-order valence-electron chi connectivity index (χ3n) is 4.35. The summed E-state index contributed by atoms with van der Waals surface area (Å²) in [6.45, 7) is 3.89. The van der Waals surface area contributed by atoms with Crippen LogP contribution in [0.5, 0.6) is 0 Å². The van der Waals surface area contributed by atoms with Gasteiger partial charge in [-0.3, -0.25) is 9.59 Å². The highest BCUT2D eigenvalue weighted by Gasteiger charge is 2.33. The number of rotatable bonds is 6. The first-order chi connectivity index (χ1) is 11.2. The van der Waals surface area contributed by atoms with Crippen LogP contribution in [0.4, 0.5) is 0 Å². The van der Waals surface area contributed by atoms with E-state index in [1.807, 2.05) is 42.2 Å². The summed E-state index contributed by atoms with van der Waals surface area (Å²) in [5.74, 6) is -0.173. The SMILES string of the molecule is CCOC(=O)C(COC)C1CCN(C(=O)c2ccccc2)CC1. The van der Waals surface area contributed by atoms with Gasteiger partial charge in [0.15, 0.2) is 0 Å². The lowest BCUT2D eigenvalue weighted by molar-refractivity contribution is -0.152. The van der Waals surface area contributed by atoms with Crippen LogP contribution in [-0.2, 0) is 14.3 Å². The van der Waals surface area contributed by atoms with Gasteiger partial charge in [-0.25, -0.2) is 0 Å². The summed E-state index contributed by atoms with van der Waals surface area (Å²) in [5, 5.41) is 0. The average molecular weight is 319 g/mol. The monoisotopic (exact) mass is 319 g/mol. The van der Waals surface area contributed by atoms with Crippen LogP contribution in [0.15, 0.2) is 30.3 Å². The van der Waals surface area contributed by atoms with Crippen LogP contribution in [0.3, 0.4) is 0 Å². The molecular weight excluding hydrogens is 294 g/mol. The number of carbonyl (C=O) groups excluding carboxylic acids is 2. The Bertz CT molecular complexity index is 509. The minimum absolute atomic E-state index is 0.0588. The molecule has 0 N–H and O–H groups in total. The molecule has 0 aromatic heterocycles. The van der Waals surface area contributed by atoms with E-state index in [0.717, 1.165) is 12.8 Å². The number of methoxy groups -OCH3 is 1. The van der Waals surface area contributed by atoms with Crippen molar-refractivity contribution >= 4 is 11.9 Å². The molecule has 0 spiro atoms. The number of esters is 1. The van der Waals surface area contributed by atoms with Gasteiger partial charge >= 0.3 is 5.97 Å². The zero-order chi connectivity index (χ0) is 16.7. The Labute approximate surface area is 137 Å². The Morgan fingerprint density at radius 1 is 1.22 bits per heavy atom. The van der Waals surface area contributed by atoms with E-state index in [9.17, 15) is 9.59 Å². The zero-order valence-corrected chi connectivity index (χ0v) is 13.9. The fraction of sp³-hybridized carbons (Fsp3) is 0.556. The molecule has 1 fully saturated rings. The van der Waals surface area contributed by atoms with E-state index in [2.05, 4.69) is 0 Å². The molecule has 1 unspecified atom stereocenters. The Balaban J connectivity index is 1.94. The van der Waals surface area contributed by atoms with E-state index < -0.39 is 0 Å². The lowest BCUT2D eigenvalue weighted by atomic mass is 9.84. The largest absolute Gasteiger partial charge is 0.466 e. The van der Waals surface area contributed by atoms with Crippen LogP contribution in [0.1, 0.15) is 30.1 Å². The summed E-state index contributed by atoms with van der Waals surface area (Å²) >= 11 is 0. The van der Waals surface area contributed by atoms with Gasteiger partial charge in [-0.2, -0.15) is 0 Å². The van der Waals surface area contributed by atoms with E-state index in [1.165, 1.54) is 0 Å². The molecular formula is C18H25NO4. The predicted octanol–water partition coefficient (Wildman–Crippen LogP) is 2.36. The Kier molecular flexibility index (Phi) is 6.59. The number of piperidine rings is 1. The third kappa shape index (κ3) is 4.55. The van der Waals surface area contributed by atoms with Crippen molar-refractivity contribution in [2.75, 3.05) is 33.4 Å². The lowest BCUT2D eigenvalue weighted by Crippen LogP contribution is -2.42. The number of nitrogens with zero attached hydrogens (tertiary/aromatic N) is 1. The molecule has 0 aliphatic carbocycles. The number of amides is 1. The first-order valence-corrected chi connectivity index (χ1v) is 8.17. The standard InChI is InChI=1S/C18H25NO4/c1-3-23-18(21)16(13-22-2)14-9-11-19(12-10-14)17(20)15-7-5-4-6-8-15/h4-8,14,16H,3,9-13H2,1-2H3. The predicted molar refractivity (Wildman–Crippen MR) is 87.1 cm³/mol. The summed E-state index contributed by atoms with van der Waals surface area (Å²) in [4.78, 5) is 26.4. The molecule has 0 bridgehead atoms. The van der Waals surface area contributed by atoms with Crippen molar-refractivity contribution in [3.63, 3.8) is 0 Å². The number of ether oxygens (including phenoxy) is 2. The van der Waals surface area contributed by atoms with Gasteiger partial charge < -0.3 is 14.4 Å². The van der Waals surface area contributed by atoms with Crippen molar-refractivity contribution in [2.24, 2.45) is 11.8 Å². The van der Waals surface area contributed by atoms with E-state index >= 15 is 0 Å². The van der Waals surface area contributed by atoms with Crippen molar-refractivity contribution in [2.45, 2.75) is 19.8 Å². The van der Waals surface area contributed by atoms with E-state index in [-0.39, 0.29) is 23.7 Å². The fourth-order valence-corrected chi connectivity index (χ4v) is 3.09. The second-order valence-corrected chi connectivity index (χ2v) is 5.81. The van der Waals surface area contributed by atoms with Crippen LogP contribution in [0.25, 0.3) is 0 Å². The smallest absolute Gasteiger partial charge is 0.311 e. The van der Waals surface area contributed by atoms with Crippen molar-refractivity contribution < 1.29 is 19.1 Å². The Hall–Kier alpha value is -1.88. The number of likely N-dealkylation sites (tertiary alicyclic amines) is 1. The van der Waals surface area contributed by atoms with Crippen LogP contribution < -0.4 is 0 Å². The number of hydrogen-bond acceptors (Lipinski definition) is 4. The highest BCUT2D eigenvalue weighted by atomic mass is 16.5. The van der Waals surface area contributed by atoms with Crippen molar-refractivity contribution in [3.8, 4) is 0 Å². The summed E-state index contributed by atoms with van der Waals surface area (Å²) in [6.07, 6.45) is 1.59. The van der Waals surface area contributed by atoms with Crippen molar-refractivity contribution in [1.29, 1.82) is 0 Å². The number of benzene rings is 1. The maximum absolute atomic E-state index is 12.4. The van der Waals surface area contributed by atoms with Gasteiger partial charge in [0, 0.05) is 25.8 Å². The second kappa shape index (κ2) is 8.67. The van der Waals surface area contributed by atoms with Gasteiger partial charge in [0.05, 0.1) is 19.1 Å². The Morgan fingerprint density at radius 3 is 2.43 bits per heavy atom. The van der Waals surface area contributed by atoms with Gasteiger partial charge in [-0.1, -0.05) is 18.2 Å². The molecule has 1 heterocycles. The molecule has 5 heteroatoms. The molecule has 23 heavy (non-hydrogen) atoms. The quantitative estimate of drug-likeness (QED) is 0.755. The highest BCUT2D eigenvalue weighted by molar-refractivity contribution is 5.94. The molecule has 5 nitrogen and oxygen atoms in total. The van der Waals surface area contributed by atoms with Crippen molar-refractivity contribution in [3.05, 3.63) is 35.9 Å². The molecule has 1 aromatic rings. The highest BCUT2D eigenvalue weighted by Crippen LogP contribution is 2.27. The van der Waals surface area contributed by atoms with Gasteiger partial charge in [0.2, 0.25) is 0 Å². The maximum atomic E-state index is 12.4. The summed E-state index contributed by atoms with van der Waals surface area (Å²) in [5.41, 5.74) is 0.713. The van der Waals surface area contributed by atoms with Crippen LogP contribution in [-0.4, -0.2) is 50.2 Å². The second-order valence-electron chi connectivity index (χ2n) is 5.81. The molecule has 1 aliphatic rings. The Morgan fingerprint density at radius 2 is 1.87 bits per heavy atom. The molecule has 1 atom stereocenters. The molecule has 126 valence electrons. The van der Waals surface area contributed by atoms with Gasteiger partial charge in [0.25, 0.3) is 5.91 Å². The fourth-order valence-electron chi connectivity index (χ4n) is 3.09. The van der Waals surface area contributed by atoms with E-state index in [4.69, 9.17) is 9.47 Å². The maximum Gasteiger partial charge on any atom is 0.311 e. The molecule has 1 amide bonds. The van der Waals surface area contributed by atoms with Crippen LogP contribution in [0, 0.1) is 11.8 Å². The third-order valence-corrected chi connectivity index (χ3v) is 4.35. The van der Waals surface area contributed by atoms with Crippen LogP contribution >= 0.6 is 0 Å². The molecule has 1 aromatic carbocycles.